The Morgan fingerprint density at radius 1 is 1.35 bits per heavy atom. The van der Waals surface area contributed by atoms with Crippen molar-refractivity contribution in [1.29, 1.82) is 0 Å². The van der Waals surface area contributed by atoms with Crippen LogP contribution in [0.4, 0.5) is 8.78 Å². The summed E-state index contributed by atoms with van der Waals surface area (Å²) in [5.74, 6) is 0. The molecule has 93 valence electrons. The number of nitrogens with zero attached hydrogens (tertiary/aromatic N) is 1. The van der Waals surface area contributed by atoms with Crippen molar-refractivity contribution < 1.29 is 13.6 Å². The first kappa shape index (κ1) is 13.6. The minimum Gasteiger partial charge on any atom is -0.395 e. The Hall–Kier alpha value is -1.45. The average Bonchev–Trinajstić information content (AvgIpc) is 2.34. The molecule has 4 heteroatoms. The van der Waals surface area contributed by atoms with Gasteiger partial charge in [0.15, 0.2) is 0 Å². The van der Waals surface area contributed by atoms with E-state index < -0.39 is 6.43 Å². The monoisotopic (exact) mass is 240 g/mol. The van der Waals surface area contributed by atoms with Gasteiger partial charge in [0, 0.05) is 11.1 Å². The van der Waals surface area contributed by atoms with Crippen molar-refractivity contribution in [3.63, 3.8) is 0 Å². The summed E-state index contributed by atoms with van der Waals surface area (Å²) in [5.41, 5.74) is 0.467. The molecular weight excluding hydrogens is 224 g/mol. The number of rotatable bonds is 7. The highest BCUT2D eigenvalue weighted by atomic mass is 19.3. The van der Waals surface area contributed by atoms with Crippen LogP contribution in [0.15, 0.2) is 29.4 Å². The number of unbranched alkanes of at least 4 members (excludes halogenated alkanes) is 2. The number of halogens is 2. The van der Waals surface area contributed by atoms with Crippen molar-refractivity contribution >= 4 is 6.21 Å². The molecule has 0 amide bonds. The Morgan fingerprint density at radius 3 is 2.88 bits per heavy atom. The van der Waals surface area contributed by atoms with Crippen LogP contribution in [0.1, 0.15) is 43.7 Å². The van der Waals surface area contributed by atoms with Crippen LogP contribution in [0.25, 0.3) is 0 Å². The van der Waals surface area contributed by atoms with Gasteiger partial charge in [0.05, 0.1) is 0 Å². The number of benzene rings is 1. The molecule has 0 saturated carbocycles. The quantitative estimate of drug-likeness (QED) is 0.400. The zero-order chi connectivity index (χ0) is 12.5. The summed E-state index contributed by atoms with van der Waals surface area (Å²) in [6.45, 7) is 2.64. The van der Waals surface area contributed by atoms with Crippen molar-refractivity contribution in [1.82, 2.24) is 0 Å². The first-order valence-corrected chi connectivity index (χ1v) is 5.70. The van der Waals surface area contributed by atoms with Gasteiger partial charge in [-0.05, 0) is 12.5 Å². The summed E-state index contributed by atoms with van der Waals surface area (Å²) < 4.78 is 24.8. The fraction of sp³-hybridized carbons (Fsp3) is 0.462. The van der Waals surface area contributed by atoms with Gasteiger partial charge in [-0.25, -0.2) is 8.78 Å². The molecule has 17 heavy (non-hydrogen) atoms. The molecule has 0 aliphatic heterocycles. The lowest BCUT2D eigenvalue weighted by Gasteiger charge is -2.00. The SMILES string of the molecule is CCCCCO/N=[C]/c1cccc(C(F)F)c1. The van der Waals surface area contributed by atoms with Gasteiger partial charge in [0.1, 0.15) is 12.8 Å². The molecule has 0 aliphatic carbocycles. The lowest BCUT2D eigenvalue weighted by atomic mass is 10.1. The van der Waals surface area contributed by atoms with E-state index in [-0.39, 0.29) is 5.56 Å². The normalized spacial score (nSPS) is 11.3. The average molecular weight is 240 g/mol. The molecule has 0 heterocycles. The molecule has 0 aromatic heterocycles. The van der Waals surface area contributed by atoms with Gasteiger partial charge < -0.3 is 4.84 Å². The van der Waals surface area contributed by atoms with Crippen LogP contribution in [-0.4, -0.2) is 12.8 Å². The fourth-order valence-corrected chi connectivity index (χ4v) is 1.29. The zero-order valence-electron chi connectivity index (χ0n) is 9.83. The second-order valence-corrected chi connectivity index (χ2v) is 3.67. The van der Waals surface area contributed by atoms with E-state index in [0.29, 0.717) is 12.2 Å². The van der Waals surface area contributed by atoms with Crippen LogP contribution in [0.5, 0.6) is 0 Å². The molecule has 0 bridgehead atoms. The van der Waals surface area contributed by atoms with Crippen LogP contribution in [-0.2, 0) is 4.84 Å². The Bertz CT molecular complexity index is 353. The van der Waals surface area contributed by atoms with E-state index >= 15 is 0 Å². The first-order valence-electron chi connectivity index (χ1n) is 5.70. The van der Waals surface area contributed by atoms with Gasteiger partial charge in [-0.15, -0.1) is 0 Å². The molecule has 1 aromatic rings. The standard InChI is InChI=1S/C13H16F2NO/c1-2-3-4-8-17-16-10-11-6-5-7-12(9-11)13(14)15/h5-7,9,13H,2-4,8H2,1H3. The molecule has 0 spiro atoms. The molecule has 0 N–H and O–H groups in total. The summed E-state index contributed by atoms with van der Waals surface area (Å²) in [6, 6.07) is 5.93. The third kappa shape index (κ3) is 5.43. The molecule has 1 rings (SSSR count). The molecule has 0 saturated heterocycles. The van der Waals surface area contributed by atoms with Crippen molar-refractivity contribution in [3.05, 3.63) is 35.4 Å². The molecule has 2 nitrogen and oxygen atoms in total. The van der Waals surface area contributed by atoms with Crippen LogP contribution < -0.4 is 0 Å². The highest BCUT2D eigenvalue weighted by Crippen LogP contribution is 2.18. The van der Waals surface area contributed by atoms with Gasteiger partial charge in [-0.3, -0.25) is 0 Å². The minimum atomic E-state index is -2.47. The number of hydrogen-bond donors (Lipinski definition) is 0. The predicted molar refractivity (Wildman–Crippen MR) is 63.4 cm³/mol. The Kier molecular flexibility index (Phi) is 6.22. The highest BCUT2D eigenvalue weighted by molar-refractivity contribution is 5.79. The third-order valence-corrected chi connectivity index (χ3v) is 2.22. The topological polar surface area (TPSA) is 21.6 Å². The second-order valence-electron chi connectivity index (χ2n) is 3.67. The van der Waals surface area contributed by atoms with Crippen LogP contribution >= 0.6 is 0 Å². The van der Waals surface area contributed by atoms with E-state index in [0.717, 1.165) is 19.3 Å². The first-order chi connectivity index (χ1) is 8.24. The van der Waals surface area contributed by atoms with E-state index in [1.54, 1.807) is 12.1 Å². The summed E-state index contributed by atoms with van der Waals surface area (Å²) in [7, 11) is 0. The fourth-order valence-electron chi connectivity index (χ4n) is 1.29. The van der Waals surface area contributed by atoms with Gasteiger partial charge in [-0.2, -0.15) is 0 Å². The van der Waals surface area contributed by atoms with Crippen LogP contribution in [0.3, 0.4) is 0 Å². The van der Waals surface area contributed by atoms with E-state index in [1.807, 2.05) is 0 Å². The maximum absolute atomic E-state index is 12.4. The molecule has 0 fully saturated rings. The molecular formula is C13H16F2NO. The zero-order valence-corrected chi connectivity index (χ0v) is 9.83. The summed E-state index contributed by atoms with van der Waals surface area (Å²) >= 11 is 0. The molecule has 0 atom stereocenters. The summed E-state index contributed by atoms with van der Waals surface area (Å²) in [4.78, 5) is 4.97. The Morgan fingerprint density at radius 2 is 2.18 bits per heavy atom. The molecule has 0 unspecified atom stereocenters. The number of alkyl halides is 2. The van der Waals surface area contributed by atoms with E-state index in [9.17, 15) is 8.78 Å². The largest absolute Gasteiger partial charge is 0.395 e. The van der Waals surface area contributed by atoms with Crippen LogP contribution in [0, 0.1) is 0 Å². The van der Waals surface area contributed by atoms with E-state index in [1.165, 1.54) is 12.1 Å². The molecule has 0 aliphatic rings. The summed E-state index contributed by atoms with van der Waals surface area (Å²) in [6.07, 6.45) is 3.27. The Labute approximate surface area is 100 Å². The van der Waals surface area contributed by atoms with Gasteiger partial charge in [-0.1, -0.05) is 43.1 Å². The second kappa shape index (κ2) is 7.76. The van der Waals surface area contributed by atoms with Gasteiger partial charge in [0.25, 0.3) is 6.43 Å². The lowest BCUT2D eigenvalue weighted by molar-refractivity contribution is 0.141. The third-order valence-electron chi connectivity index (χ3n) is 2.22. The van der Waals surface area contributed by atoms with Crippen molar-refractivity contribution in [2.24, 2.45) is 5.16 Å². The maximum Gasteiger partial charge on any atom is 0.263 e. The van der Waals surface area contributed by atoms with Crippen molar-refractivity contribution in [2.75, 3.05) is 6.61 Å². The smallest absolute Gasteiger partial charge is 0.263 e. The van der Waals surface area contributed by atoms with E-state index in [2.05, 4.69) is 18.3 Å². The van der Waals surface area contributed by atoms with Crippen molar-refractivity contribution in [2.45, 2.75) is 32.6 Å². The molecule has 1 radical (unpaired) electrons. The predicted octanol–water partition coefficient (Wildman–Crippen LogP) is 4.04. The van der Waals surface area contributed by atoms with Gasteiger partial charge in [0.2, 0.25) is 0 Å². The lowest BCUT2D eigenvalue weighted by Crippen LogP contribution is -1.90. The Balaban J connectivity index is 2.40. The van der Waals surface area contributed by atoms with Crippen molar-refractivity contribution in [3.8, 4) is 0 Å². The van der Waals surface area contributed by atoms with Crippen LogP contribution in [0.2, 0.25) is 0 Å². The highest BCUT2D eigenvalue weighted by Gasteiger charge is 2.06. The summed E-state index contributed by atoms with van der Waals surface area (Å²) in [5, 5.41) is 3.62. The van der Waals surface area contributed by atoms with E-state index in [4.69, 9.17) is 4.84 Å². The maximum atomic E-state index is 12.4. The molecule has 1 aromatic carbocycles. The van der Waals surface area contributed by atoms with Gasteiger partial charge >= 0.3 is 0 Å². The number of hydrogen-bond acceptors (Lipinski definition) is 2. The minimum absolute atomic E-state index is 0.0313.